The van der Waals surface area contributed by atoms with Crippen molar-refractivity contribution in [3.05, 3.63) is 0 Å². The zero-order valence-corrected chi connectivity index (χ0v) is 7.35. The highest BCUT2D eigenvalue weighted by Gasteiger charge is 2.19. The summed E-state index contributed by atoms with van der Waals surface area (Å²) in [5, 5.41) is 2.72. The van der Waals surface area contributed by atoms with Crippen molar-refractivity contribution in [1.82, 2.24) is 5.32 Å². The minimum atomic E-state index is -0.471. The molecule has 66 valence electrons. The lowest BCUT2D eigenvalue weighted by atomic mass is 10.1. The fourth-order valence-electron chi connectivity index (χ4n) is 0.498. The molecule has 0 unspecified atom stereocenters. The standard InChI is InChI=1S/C7H17N3O/c1-5(9)6(11)10-7(2,3)4-8/h5H,4,8-9H2,1-3H3,(H,10,11)/t5-/m0/s1. The van der Waals surface area contributed by atoms with Gasteiger partial charge in [0.05, 0.1) is 6.04 Å². The molecule has 4 heteroatoms. The van der Waals surface area contributed by atoms with Gasteiger partial charge in [-0.15, -0.1) is 0 Å². The third kappa shape index (κ3) is 3.95. The molecule has 0 fully saturated rings. The second kappa shape index (κ2) is 3.69. The van der Waals surface area contributed by atoms with Gasteiger partial charge in [-0.3, -0.25) is 4.79 Å². The lowest BCUT2D eigenvalue weighted by Crippen LogP contribution is -2.53. The molecule has 4 nitrogen and oxygen atoms in total. The lowest BCUT2D eigenvalue weighted by Gasteiger charge is -2.25. The monoisotopic (exact) mass is 159 g/mol. The summed E-state index contributed by atoms with van der Waals surface area (Å²) in [5.74, 6) is -0.166. The fraction of sp³-hybridized carbons (Fsp3) is 0.857. The Hall–Kier alpha value is -0.610. The van der Waals surface area contributed by atoms with Crippen LogP contribution >= 0.6 is 0 Å². The minimum Gasteiger partial charge on any atom is -0.349 e. The minimum absolute atomic E-state index is 0.166. The predicted octanol–water partition coefficient (Wildman–Crippen LogP) is -0.813. The summed E-state index contributed by atoms with van der Waals surface area (Å²) < 4.78 is 0. The van der Waals surface area contributed by atoms with Gasteiger partial charge < -0.3 is 16.8 Å². The molecule has 0 rings (SSSR count). The molecule has 0 aliphatic rings. The molecule has 0 aromatic rings. The van der Waals surface area contributed by atoms with Crippen molar-refractivity contribution in [3.63, 3.8) is 0 Å². The van der Waals surface area contributed by atoms with Gasteiger partial charge in [-0.25, -0.2) is 0 Å². The van der Waals surface area contributed by atoms with E-state index in [-0.39, 0.29) is 11.4 Å². The normalized spacial score (nSPS) is 14.3. The van der Waals surface area contributed by atoms with Crippen molar-refractivity contribution in [2.45, 2.75) is 32.4 Å². The smallest absolute Gasteiger partial charge is 0.237 e. The Morgan fingerprint density at radius 3 is 2.36 bits per heavy atom. The highest BCUT2D eigenvalue weighted by atomic mass is 16.2. The van der Waals surface area contributed by atoms with E-state index < -0.39 is 6.04 Å². The molecule has 0 aromatic heterocycles. The van der Waals surface area contributed by atoms with Gasteiger partial charge in [0.15, 0.2) is 0 Å². The molecule has 0 aliphatic carbocycles. The molecule has 0 saturated carbocycles. The quantitative estimate of drug-likeness (QED) is 0.503. The topological polar surface area (TPSA) is 81.1 Å². The van der Waals surface area contributed by atoms with Crippen molar-refractivity contribution >= 4 is 5.91 Å². The first-order valence-electron chi connectivity index (χ1n) is 3.67. The summed E-state index contributed by atoms with van der Waals surface area (Å²) in [6.45, 7) is 5.76. The largest absolute Gasteiger partial charge is 0.349 e. The maximum Gasteiger partial charge on any atom is 0.237 e. The molecule has 0 aliphatic heterocycles. The van der Waals surface area contributed by atoms with E-state index in [1.807, 2.05) is 13.8 Å². The maximum absolute atomic E-state index is 11.0. The average molecular weight is 159 g/mol. The van der Waals surface area contributed by atoms with Crippen LogP contribution in [0.1, 0.15) is 20.8 Å². The van der Waals surface area contributed by atoms with Crippen molar-refractivity contribution in [1.29, 1.82) is 0 Å². The van der Waals surface area contributed by atoms with Crippen molar-refractivity contribution in [2.75, 3.05) is 6.54 Å². The highest BCUT2D eigenvalue weighted by Crippen LogP contribution is 1.97. The summed E-state index contributed by atoms with van der Waals surface area (Å²) >= 11 is 0. The lowest BCUT2D eigenvalue weighted by molar-refractivity contribution is -0.123. The van der Waals surface area contributed by atoms with Crippen LogP contribution in [0.5, 0.6) is 0 Å². The van der Waals surface area contributed by atoms with E-state index in [0.717, 1.165) is 0 Å². The molecular formula is C7H17N3O. The van der Waals surface area contributed by atoms with Crippen LogP contribution in [0.4, 0.5) is 0 Å². The Labute approximate surface area is 67.3 Å². The molecule has 0 heterocycles. The third-order valence-electron chi connectivity index (χ3n) is 1.39. The number of amides is 1. The molecule has 0 radical (unpaired) electrons. The van der Waals surface area contributed by atoms with Gasteiger partial charge in [0.2, 0.25) is 5.91 Å². The summed E-state index contributed by atoms with van der Waals surface area (Å²) in [4.78, 5) is 11.0. The SMILES string of the molecule is C[C@H](N)C(=O)NC(C)(C)CN. The summed E-state index contributed by atoms with van der Waals surface area (Å²) in [7, 11) is 0. The Morgan fingerprint density at radius 2 is 2.09 bits per heavy atom. The Kier molecular flexibility index (Phi) is 3.48. The number of carbonyl (C=O) groups is 1. The van der Waals surface area contributed by atoms with Crippen molar-refractivity contribution < 1.29 is 4.79 Å². The molecule has 1 atom stereocenters. The Bertz CT molecular complexity index is 143. The molecular weight excluding hydrogens is 142 g/mol. The summed E-state index contributed by atoms with van der Waals surface area (Å²) in [6, 6.07) is -0.471. The van der Waals surface area contributed by atoms with E-state index in [2.05, 4.69) is 5.32 Å². The number of rotatable bonds is 3. The van der Waals surface area contributed by atoms with Gasteiger partial charge in [-0.05, 0) is 20.8 Å². The van der Waals surface area contributed by atoms with Crippen LogP contribution in [0.25, 0.3) is 0 Å². The van der Waals surface area contributed by atoms with E-state index in [0.29, 0.717) is 6.54 Å². The van der Waals surface area contributed by atoms with Crippen molar-refractivity contribution in [2.24, 2.45) is 11.5 Å². The number of nitrogens with one attached hydrogen (secondary N) is 1. The van der Waals surface area contributed by atoms with Crippen LogP contribution in [0.15, 0.2) is 0 Å². The second-order valence-electron chi connectivity index (χ2n) is 3.37. The number of carbonyl (C=O) groups excluding carboxylic acids is 1. The molecule has 0 aromatic carbocycles. The van der Waals surface area contributed by atoms with Gasteiger partial charge in [0.1, 0.15) is 0 Å². The van der Waals surface area contributed by atoms with Crippen LogP contribution < -0.4 is 16.8 Å². The fourth-order valence-corrected chi connectivity index (χ4v) is 0.498. The van der Waals surface area contributed by atoms with Crippen LogP contribution in [0.2, 0.25) is 0 Å². The zero-order valence-electron chi connectivity index (χ0n) is 7.35. The molecule has 11 heavy (non-hydrogen) atoms. The van der Waals surface area contributed by atoms with E-state index >= 15 is 0 Å². The van der Waals surface area contributed by atoms with Crippen LogP contribution in [-0.4, -0.2) is 24.0 Å². The highest BCUT2D eigenvalue weighted by molar-refractivity contribution is 5.81. The van der Waals surface area contributed by atoms with Gasteiger partial charge in [-0.1, -0.05) is 0 Å². The first kappa shape index (κ1) is 10.4. The molecule has 0 spiro atoms. The third-order valence-corrected chi connectivity index (χ3v) is 1.39. The second-order valence-corrected chi connectivity index (χ2v) is 3.37. The van der Waals surface area contributed by atoms with Crippen LogP contribution in [0, 0.1) is 0 Å². The number of hydrogen-bond donors (Lipinski definition) is 3. The van der Waals surface area contributed by atoms with Gasteiger partial charge in [0, 0.05) is 12.1 Å². The number of hydrogen-bond acceptors (Lipinski definition) is 3. The Balaban J connectivity index is 3.94. The molecule has 1 amide bonds. The molecule has 0 bridgehead atoms. The summed E-state index contributed by atoms with van der Waals surface area (Å²) in [5.41, 5.74) is 10.4. The van der Waals surface area contributed by atoms with Crippen LogP contribution in [0.3, 0.4) is 0 Å². The average Bonchev–Trinajstić information content (AvgIpc) is 1.87. The first-order valence-corrected chi connectivity index (χ1v) is 3.67. The summed E-state index contributed by atoms with van der Waals surface area (Å²) in [6.07, 6.45) is 0. The van der Waals surface area contributed by atoms with Gasteiger partial charge in [-0.2, -0.15) is 0 Å². The van der Waals surface area contributed by atoms with E-state index in [1.165, 1.54) is 0 Å². The van der Waals surface area contributed by atoms with Crippen LogP contribution in [-0.2, 0) is 4.79 Å². The van der Waals surface area contributed by atoms with E-state index in [4.69, 9.17) is 11.5 Å². The zero-order chi connectivity index (χ0) is 9.07. The maximum atomic E-state index is 11.0. The first-order chi connectivity index (χ1) is 4.89. The number of nitrogens with two attached hydrogens (primary N) is 2. The predicted molar refractivity (Wildman–Crippen MR) is 44.9 cm³/mol. The van der Waals surface area contributed by atoms with E-state index in [1.54, 1.807) is 6.92 Å². The molecule has 0 saturated heterocycles. The molecule has 5 N–H and O–H groups in total. The van der Waals surface area contributed by atoms with E-state index in [9.17, 15) is 4.79 Å². The van der Waals surface area contributed by atoms with Gasteiger partial charge in [0.25, 0.3) is 0 Å². The van der Waals surface area contributed by atoms with Gasteiger partial charge >= 0.3 is 0 Å². The Morgan fingerprint density at radius 1 is 1.64 bits per heavy atom. The van der Waals surface area contributed by atoms with Crippen molar-refractivity contribution in [3.8, 4) is 0 Å².